The summed E-state index contributed by atoms with van der Waals surface area (Å²) in [5, 5.41) is 9.11. The lowest BCUT2D eigenvalue weighted by Gasteiger charge is -2.36. The molecule has 43 heavy (non-hydrogen) atoms. The van der Waals surface area contributed by atoms with E-state index in [1.165, 1.54) is 6.92 Å². The second-order valence-electron chi connectivity index (χ2n) is 12.2. The Balaban J connectivity index is 1.67. The quantitative estimate of drug-likeness (QED) is 0.504. The summed E-state index contributed by atoms with van der Waals surface area (Å²) < 4.78 is 6.14. The van der Waals surface area contributed by atoms with Crippen LogP contribution in [0.25, 0.3) is 0 Å². The van der Waals surface area contributed by atoms with E-state index in [0.29, 0.717) is 45.1 Å². The van der Waals surface area contributed by atoms with Crippen molar-refractivity contribution in [3.05, 3.63) is 65.7 Å². The Bertz CT molecular complexity index is 1260. The number of carbonyl (C=O) groups is 4. The highest BCUT2D eigenvalue weighted by atomic mass is 16.5. The van der Waals surface area contributed by atoms with Gasteiger partial charge in [0.2, 0.25) is 23.6 Å². The summed E-state index contributed by atoms with van der Waals surface area (Å²) in [4.78, 5) is 55.9. The van der Waals surface area contributed by atoms with Gasteiger partial charge in [0.05, 0.1) is 6.54 Å². The van der Waals surface area contributed by atoms with Crippen molar-refractivity contribution in [1.29, 1.82) is 0 Å². The minimum atomic E-state index is -1.15. The molecule has 2 aliphatic rings. The van der Waals surface area contributed by atoms with Crippen molar-refractivity contribution in [3.8, 4) is 5.75 Å². The van der Waals surface area contributed by atoms with Crippen LogP contribution in [-0.4, -0.2) is 65.8 Å². The number of carbonyl (C=O) groups excluding carboxylic acids is 4. The van der Waals surface area contributed by atoms with Crippen molar-refractivity contribution in [2.75, 3.05) is 19.7 Å². The molecule has 9 heteroatoms. The Morgan fingerprint density at radius 3 is 2.37 bits per heavy atom. The maximum atomic E-state index is 14.0. The van der Waals surface area contributed by atoms with Gasteiger partial charge >= 0.3 is 0 Å². The average Bonchev–Trinajstić information content (AvgIpc) is 3.46. The summed E-state index contributed by atoms with van der Waals surface area (Å²) in [6.07, 6.45) is 4.64. The highest BCUT2D eigenvalue weighted by Crippen LogP contribution is 2.31. The number of rotatable bonds is 4. The second kappa shape index (κ2) is 15.0. The Kier molecular flexibility index (Phi) is 11.2. The largest absolute Gasteiger partial charge is 0.491 e. The number of nitrogens with one attached hydrogen (secondary N) is 3. The molecule has 1 saturated carbocycles. The average molecular weight is 591 g/mol. The van der Waals surface area contributed by atoms with E-state index in [9.17, 15) is 19.2 Å². The van der Waals surface area contributed by atoms with Gasteiger partial charge in [0.15, 0.2) is 0 Å². The van der Waals surface area contributed by atoms with Crippen molar-refractivity contribution < 1.29 is 23.9 Å². The third kappa shape index (κ3) is 8.58. The van der Waals surface area contributed by atoms with E-state index in [1.54, 1.807) is 4.90 Å². The molecule has 3 N–H and O–H groups in total. The Hall–Kier alpha value is -3.88. The SMILES string of the molecule is CC(=O)N1CCOc2ccccc2CCCNC(=O)[C@H](Cc2ccccc2)NC(=O)C2(CCCC2)NC(=O)[C@@H]1CC(C)C. The number of amides is 4. The lowest BCUT2D eigenvalue weighted by atomic mass is 9.93. The molecule has 4 amide bonds. The normalized spacial score (nSPS) is 22.0. The molecule has 0 unspecified atom stereocenters. The molecule has 2 aromatic carbocycles. The fraction of sp³-hybridized carbons (Fsp3) is 0.529. The van der Waals surface area contributed by atoms with Gasteiger partial charge in [-0.15, -0.1) is 0 Å². The molecule has 1 spiro atoms. The van der Waals surface area contributed by atoms with Crippen LogP contribution in [0.3, 0.4) is 0 Å². The number of hydrogen-bond acceptors (Lipinski definition) is 5. The number of para-hydroxylation sites is 1. The fourth-order valence-electron chi connectivity index (χ4n) is 6.14. The van der Waals surface area contributed by atoms with Crippen molar-refractivity contribution in [3.63, 3.8) is 0 Å². The summed E-state index contributed by atoms with van der Waals surface area (Å²) in [5.41, 5.74) is 0.779. The topological polar surface area (TPSA) is 117 Å². The Morgan fingerprint density at radius 1 is 0.977 bits per heavy atom. The number of ether oxygens (including phenoxy) is 1. The van der Waals surface area contributed by atoms with Crippen molar-refractivity contribution in [2.45, 2.75) is 89.8 Å². The second-order valence-corrected chi connectivity index (χ2v) is 12.2. The van der Waals surface area contributed by atoms with E-state index in [2.05, 4.69) is 16.0 Å². The van der Waals surface area contributed by atoms with E-state index in [4.69, 9.17) is 4.74 Å². The van der Waals surface area contributed by atoms with Crippen LogP contribution in [-0.2, 0) is 32.0 Å². The summed E-state index contributed by atoms with van der Waals surface area (Å²) in [6, 6.07) is 15.8. The third-order valence-corrected chi connectivity index (χ3v) is 8.42. The van der Waals surface area contributed by atoms with Crippen LogP contribution in [0.1, 0.15) is 70.4 Å². The number of benzene rings is 2. The third-order valence-electron chi connectivity index (χ3n) is 8.42. The molecule has 4 rings (SSSR count). The summed E-state index contributed by atoms with van der Waals surface area (Å²) in [5.74, 6) is -0.344. The van der Waals surface area contributed by atoms with Gasteiger partial charge in [-0.25, -0.2) is 0 Å². The molecule has 0 aromatic heterocycles. The molecule has 1 heterocycles. The molecular formula is C34H46N4O5. The van der Waals surface area contributed by atoms with Crippen molar-refractivity contribution in [2.24, 2.45) is 5.92 Å². The predicted molar refractivity (Wildman–Crippen MR) is 165 cm³/mol. The lowest BCUT2D eigenvalue weighted by molar-refractivity contribution is -0.143. The first kappa shape index (κ1) is 32.0. The number of aryl methyl sites for hydroxylation is 1. The minimum Gasteiger partial charge on any atom is -0.491 e. The zero-order chi connectivity index (χ0) is 30.8. The molecule has 0 bridgehead atoms. The Labute approximate surface area is 255 Å². The first-order valence-electron chi connectivity index (χ1n) is 15.6. The highest BCUT2D eigenvalue weighted by Gasteiger charge is 2.45. The first-order chi connectivity index (χ1) is 20.7. The van der Waals surface area contributed by atoms with Gasteiger partial charge in [0.25, 0.3) is 0 Å². The van der Waals surface area contributed by atoms with Gasteiger partial charge in [-0.05, 0) is 55.2 Å². The van der Waals surface area contributed by atoms with Crippen molar-refractivity contribution in [1.82, 2.24) is 20.9 Å². The molecule has 1 aliphatic carbocycles. The van der Waals surface area contributed by atoms with Crippen LogP contribution in [0.15, 0.2) is 54.6 Å². The maximum Gasteiger partial charge on any atom is 0.246 e. The number of nitrogens with zero attached hydrogens (tertiary/aromatic N) is 1. The number of fused-ring (bicyclic) bond motifs is 1. The van der Waals surface area contributed by atoms with Crippen molar-refractivity contribution >= 4 is 23.6 Å². The monoisotopic (exact) mass is 590 g/mol. The van der Waals surface area contributed by atoms with Crippen LogP contribution >= 0.6 is 0 Å². The van der Waals surface area contributed by atoms with E-state index < -0.39 is 17.6 Å². The van der Waals surface area contributed by atoms with E-state index >= 15 is 0 Å². The summed E-state index contributed by atoms with van der Waals surface area (Å²) >= 11 is 0. The van der Waals surface area contributed by atoms with Gasteiger partial charge < -0.3 is 25.6 Å². The molecule has 232 valence electrons. The van der Waals surface area contributed by atoms with Gasteiger partial charge in [-0.3, -0.25) is 19.2 Å². The van der Waals surface area contributed by atoms with Crippen LogP contribution in [0.4, 0.5) is 0 Å². The molecular weight excluding hydrogens is 544 g/mol. The van der Waals surface area contributed by atoms with Crippen LogP contribution < -0.4 is 20.7 Å². The molecule has 1 fully saturated rings. The van der Waals surface area contributed by atoms with Crippen LogP contribution in [0.5, 0.6) is 5.75 Å². The predicted octanol–water partition coefficient (Wildman–Crippen LogP) is 3.55. The summed E-state index contributed by atoms with van der Waals surface area (Å²) in [6.45, 7) is 6.38. The molecule has 0 radical (unpaired) electrons. The van der Waals surface area contributed by atoms with Crippen LogP contribution in [0, 0.1) is 5.92 Å². The smallest absolute Gasteiger partial charge is 0.246 e. The summed E-state index contributed by atoms with van der Waals surface area (Å²) in [7, 11) is 0. The molecule has 0 saturated heterocycles. The first-order valence-corrected chi connectivity index (χ1v) is 15.6. The van der Waals surface area contributed by atoms with Crippen LogP contribution in [0.2, 0.25) is 0 Å². The number of hydrogen-bond donors (Lipinski definition) is 3. The maximum absolute atomic E-state index is 14.0. The standard InChI is InChI=1S/C34H46N4O5/c1-24(2)22-29-32(41)37-34(17-9-10-18-34)33(42)36-28(23-26-12-5-4-6-13-26)31(40)35-19-11-15-27-14-7-8-16-30(27)43-21-20-38(29)25(3)39/h4-8,12-14,16,24,28-29H,9-11,15,17-23H2,1-3H3,(H,35,40)(H,36,42)(H,37,41)/t28-,29-/m0/s1. The lowest BCUT2D eigenvalue weighted by Crippen LogP contribution is -2.64. The van der Waals surface area contributed by atoms with Gasteiger partial charge in [-0.2, -0.15) is 0 Å². The Morgan fingerprint density at radius 2 is 1.67 bits per heavy atom. The molecule has 2 atom stereocenters. The minimum absolute atomic E-state index is 0.129. The van der Waals surface area contributed by atoms with Gasteiger partial charge in [0, 0.05) is 19.9 Å². The zero-order valence-corrected chi connectivity index (χ0v) is 25.7. The zero-order valence-electron chi connectivity index (χ0n) is 25.7. The van der Waals surface area contributed by atoms with E-state index in [1.807, 2.05) is 68.4 Å². The van der Waals surface area contributed by atoms with E-state index in [0.717, 1.165) is 29.7 Å². The fourth-order valence-corrected chi connectivity index (χ4v) is 6.14. The molecule has 2 aromatic rings. The van der Waals surface area contributed by atoms with Gasteiger partial charge in [-0.1, -0.05) is 75.2 Å². The highest BCUT2D eigenvalue weighted by molar-refractivity contribution is 5.97. The van der Waals surface area contributed by atoms with Gasteiger partial charge in [0.1, 0.15) is 30.0 Å². The molecule has 1 aliphatic heterocycles. The molecule has 9 nitrogen and oxygen atoms in total. The van der Waals surface area contributed by atoms with E-state index in [-0.39, 0.29) is 42.7 Å².